The Labute approximate surface area is 173 Å². The predicted octanol–water partition coefficient (Wildman–Crippen LogP) is 4.32. The van der Waals surface area contributed by atoms with Gasteiger partial charge in [-0.3, -0.25) is 4.79 Å². The Balaban J connectivity index is 1.51. The Morgan fingerprint density at radius 2 is 1.73 bits per heavy atom. The second-order valence-electron chi connectivity index (χ2n) is 6.98. The minimum Gasteiger partial charge on any atom is -0.454 e. The summed E-state index contributed by atoms with van der Waals surface area (Å²) in [6.45, 7) is 1.42. The molecule has 150 valence electrons. The van der Waals surface area contributed by atoms with Crippen LogP contribution in [0.3, 0.4) is 0 Å². The zero-order chi connectivity index (χ0) is 21.1. The Hall–Kier alpha value is -3.93. The highest BCUT2D eigenvalue weighted by Gasteiger charge is 2.28. The van der Waals surface area contributed by atoms with Crippen LogP contribution in [0.25, 0.3) is 0 Å². The molecule has 4 rings (SSSR count). The summed E-state index contributed by atoms with van der Waals surface area (Å²) in [5.74, 6) is -0.756. The van der Waals surface area contributed by atoms with Crippen LogP contribution in [0.4, 0.5) is 5.69 Å². The van der Waals surface area contributed by atoms with Crippen molar-refractivity contribution in [1.29, 1.82) is 0 Å². The second-order valence-corrected chi connectivity index (χ2v) is 6.98. The van der Waals surface area contributed by atoms with Crippen molar-refractivity contribution in [2.24, 2.45) is 0 Å². The van der Waals surface area contributed by atoms with E-state index in [1.807, 2.05) is 30.3 Å². The number of cyclic esters (lactones) is 1. The fraction of sp³-hybridized carbons (Fsp3) is 0.125. The topological polar surface area (TPSA) is 81.7 Å². The van der Waals surface area contributed by atoms with E-state index in [1.54, 1.807) is 42.5 Å². The van der Waals surface area contributed by atoms with Crippen molar-refractivity contribution in [2.75, 3.05) is 5.32 Å². The van der Waals surface area contributed by atoms with E-state index in [1.165, 1.54) is 6.92 Å². The zero-order valence-electron chi connectivity index (χ0n) is 16.3. The lowest BCUT2D eigenvalue weighted by molar-refractivity contribution is -0.114. The third-order valence-corrected chi connectivity index (χ3v) is 4.77. The molecule has 1 unspecified atom stereocenters. The number of hydrogen-bond acceptors (Lipinski definition) is 5. The van der Waals surface area contributed by atoms with E-state index in [9.17, 15) is 14.4 Å². The van der Waals surface area contributed by atoms with Crippen LogP contribution in [-0.4, -0.2) is 17.8 Å². The molecular formula is C24H19NO5. The molecule has 0 saturated heterocycles. The molecule has 1 amide bonds. The molecule has 0 fully saturated rings. The number of carbonyl (C=O) groups excluding carboxylic acids is 3. The SMILES string of the molecule is CC(=O)Nc1ccc(OC(=O)c2ccc3c(c2)CC(c2ccccc2)OC3=O)cc1. The number of ether oxygens (including phenoxy) is 2. The van der Waals surface area contributed by atoms with Crippen LogP contribution >= 0.6 is 0 Å². The van der Waals surface area contributed by atoms with Gasteiger partial charge >= 0.3 is 11.9 Å². The van der Waals surface area contributed by atoms with Gasteiger partial charge in [0.1, 0.15) is 11.9 Å². The molecule has 6 nitrogen and oxygen atoms in total. The van der Waals surface area contributed by atoms with E-state index in [0.717, 1.165) is 11.1 Å². The van der Waals surface area contributed by atoms with Gasteiger partial charge in [-0.05, 0) is 53.6 Å². The molecule has 0 saturated carbocycles. The van der Waals surface area contributed by atoms with Crippen molar-refractivity contribution in [3.8, 4) is 5.75 Å². The number of esters is 2. The fourth-order valence-electron chi connectivity index (χ4n) is 3.35. The van der Waals surface area contributed by atoms with E-state index in [2.05, 4.69) is 5.32 Å². The molecular weight excluding hydrogens is 382 g/mol. The van der Waals surface area contributed by atoms with E-state index in [0.29, 0.717) is 29.0 Å². The Kier molecular flexibility index (Phi) is 5.30. The number of amides is 1. The molecule has 1 aliphatic rings. The van der Waals surface area contributed by atoms with Crippen LogP contribution < -0.4 is 10.1 Å². The van der Waals surface area contributed by atoms with Crippen molar-refractivity contribution >= 4 is 23.5 Å². The highest BCUT2D eigenvalue weighted by atomic mass is 16.5. The van der Waals surface area contributed by atoms with Crippen LogP contribution in [0.1, 0.15) is 44.9 Å². The van der Waals surface area contributed by atoms with Crippen molar-refractivity contribution < 1.29 is 23.9 Å². The number of benzene rings is 3. The van der Waals surface area contributed by atoms with Gasteiger partial charge in [0.15, 0.2) is 0 Å². The Morgan fingerprint density at radius 1 is 1.00 bits per heavy atom. The van der Waals surface area contributed by atoms with Gasteiger partial charge in [0, 0.05) is 19.0 Å². The summed E-state index contributed by atoms with van der Waals surface area (Å²) < 4.78 is 11.0. The minimum atomic E-state index is -0.528. The third kappa shape index (κ3) is 4.22. The normalized spacial score (nSPS) is 15.0. The molecule has 0 radical (unpaired) electrons. The van der Waals surface area contributed by atoms with Gasteiger partial charge in [-0.2, -0.15) is 0 Å². The number of fused-ring (bicyclic) bond motifs is 1. The average Bonchev–Trinajstić information content (AvgIpc) is 2.75. The van der Waals surface area contributed by atoms with Crippen LogP contribution in [0.5, 0.6) is 5.75 Å². The number of hydrogen-bond donors (Lipinski definition) is 1. The molecule has 0 spiro atoms. The maximum atomic E-state index is 12.6. The maximum Gasteiger partial charge on any atom is 0.343 e. The first kappa shape index (κ1) is 19.4. The largest absolute Gasteiger partial charge is 0.454 e. The highest BCUT2D eigenvalue weighted by Crippen LogP contribution is 2.31. The van der Waals surface area contributed by atoms with E-state index < -0.39 is 18.0 Å². The average molecular weight is 401 g/mol. The van der Waals surface area contributed by atoms with Gasteiger partial charge in [0.2, 0.25) is 5.91 Å². The van der Waals surface area contributed by atoms with Gasteiger partial charge < -0.3 is 14.8 Å². The first-order valence-electron chi connectivity index (χ1n) is 9.48. The van der Waals surface area contributed by atoms with Crippen LogP contribution in [-0.2, 0) is 16.0 Å². The summed E-state index contributed by atoms with van der Waals surface area (Å²) in [5.41, 5.74) is 3.07. The fourth-order valence-corrected chi connectivity index (χ4v) is 3.35. The van der Waals surface area contributed by atoms with Gasteiger partial charge in [-0.25, -0.2) is 9.59 Å². The first-order chi connectivity index (χ1) is 14.5. The lowest BCUT2D eigenvalue weighted by Gasteiger charge is -2.25. The van der Waals surface area contributed by atoms with Crippen molar-refractivity contribution in [3.63, 3.8) is 0 Å². The first-order valence-corrected chi connectivity index (χ1v) is 9.48. The number of anilines is 1. The monoisotopic (exact) mass is 401 g/mol. The minimum absolute atomic E-state index is 0.180. The molecule has 1 heterocycles. The molecule has 0 aliphatic carbocycles. The Morgan fingerprint density at radius 3 is 2.43 bits per heavy atom. The molecule has 1 aliphatic heterocycles. The standard InChI is InChI=1S/C24H19NO5/c1-15(26)25-19-8-10-20(11-9-19)29-23(27)17-7-12-21-18(13-17)14-22(30-24(21)28)16-5-3-2-4-6-16/h2-13,22H,14H2,1H3,(H,25,26). The van der Waals surface area contributed by atoms with Gasteiger partial charge in [-0.15, -0.1) is 0 Å². The Bertz CT molecular complexity index is 1110. The lowest BCUT2D eigenvalue weighted by atomic mass is 9.93. The third-order valence-electron chi connectivity index (χ3n) is 4.77. The summed E-state index contributed by atoms with van der Waals surface area (Å²) >= 11 is 0. The second kappa shape index (κ2) is 8.21. The molecule has 0 aromatic heterocycles. The van der Waals surface area contributed by atoms with Crippen LogP contribution in [0.2, 0.25) is 0 Å². The van der Waals surface area contributed by atoms with Gasteiger partial charge in [0.25, 0.3) is 0 Å². The van der Waals surface area contributed by atoms with E-state index in [-0.39, 0.29) is 5.91 Å². The van der Waals surface area contributed by atoms with Crippen molar-refractivity contribution in [1.82, 2.24) is 0 Å². The summed E-state index contributed by atoms with van der Waals surface area (Å²) in [5, 5.41) is 2.65. The number of nitrogens with one attached hydrogen (secondary N) is 1. The highest BCUT2D eigenvalue weighted by molar-refractivity contribution is 5.96. The molecule has 3 aromatic carbocycles. The smallest absolute Gasteiger partial charge is 0.343 e. The van der Waals surface area contributed by atoms with E-state index in [4.69, 9.17) is 9.47 Å². The van der Waals surface area contributed by atoms with Crippen molar-refractivity contribution in [2.45, 2.75) is 19.4 Å². The summed E-state index contributed by atoms with van der Waals surface area (Å²) in [6.07, 6.45) is 0.0937. The molecule has 1 N–H and O–H groups in total. The quantitative estimate of drug-likeness (QED) is 0.520. The summed E-state index contributed by atoms with van der Waals surface area (Å²) in [6, 6.07) is 20.8. The lowest BCUT2D eigenvalue weighted by Crippen LogP contribution is -2.22. The van der Waals surface area contributed by atoms with E-state index >= 15 is 0 Å². The van der Waals surface area contributed by atoms with Gasteiger partial charge in [0.05, 0.1) is 11.1 Å². The summed E-state index contributed by atoms with van der Waals surface area (Å²) in [4.78, 5) is 36.1. The van der Waals surface area contributed by atoms with Crippen LogP contribution in [0, 0.1) is 0 Å². The summed E-state index contributed by atoms with van der Waals surface area (Å²) in [7, 11) is 0. The zero-order valence-corrected chi connectivity index (χ0v) is 16.3. The molecule has 6 heteroatoms. The predicted molar refractivity (Wildman–Crippen MR) is 110 cm³/mol. The van der Waals surface area contributed by atoms with Crippen LogP contribution in [0.15, 0.2) is 72.8 Å². The number of rotatable bonds is 4. The molecule has 30 heavy (non-hydrogen) atoms. The maximum absolute atomic E-state index is 12.6. The number of carbonyl (C=O) groups is 3. The molecule has 3 aromatic rings. The van der Waals surface area contributed by atoms with Gasteiger partial charge in [-0.1, -0.05) is 30.3 Å². The molecule has 1 atom stereocenters. The molecule has 0 bridgehead atoms. The van der Waals surface area contributed by atoms with Crippen molar-refractivity contribution in [3.05, 3.63) is 95.1 Å².